The summed E-state index contributed by atoms with van der Waals surface area (Å²) in [7, 11) is 0. The van der Waals surface area contributed by atoms with E-state index in [2.05, 4.69) is 15.6 Å². The van der Waals surface area contributed by atoms with E-state index in [4.69, 9.17) is 0 Å². The number of carbonyl (C=O) groups is 2. The van der Waals surface area contributed by atoms with Gasteiger partial charge in [0.2, 0.25) is 5.91 Å². The lowest BCUT2D eigenvalue weighted by Crippen LogP contribution is -2.28. The Balaban J connectivity index is 1.64. The van der Waals surface area contributed by atoms with Crippen LogP contribution in [-0.2, 0) is 4.79 Å². The zero-order valence-corrected chi connectivity index (χ0v) is 10.6. The van der Waals surface area contributed by atoms with Crippen LogP contribution in [0.2, 0.25) is 0 Å². The predicted molar refractivity (Wildman–Crippen MR) is 68.6 cm³/mol. The van der Waals surface area contributed by atoms with Crippen LogP contribution in [0, 0.1) is 0 Å². The fraction of sp³-hybridized carbons (Fsp3) is 0.462. The molecular formula is C13H17N3O3. The number of aromatic nitrogens is 1. The number of hydrogen-bond acceptors (Lipinski definition) is 4. The van der Waals surface area contributed by atoms with Crippen LogP contribution in [-0.4, -0.2) is 34.5 Å². The second-order valence-electron chi connectivity index (χ2n) is 4.63. The van der Waals surface area contributed by atoms with Crippen LogP contribution >= 0.6 is 0 Å². The second-order valence-corrected chi connectivity index (χ2v) is 4.63. The van der Waals surface area contributed by atoms with Crippen molar-refractivity contribution in [1.82, 2.24) is 15.6 Å². The highest BCUT2D eigenvalue weighted by atomic mass is 16.3. The molecule has 1 aliphatic carbocycles. The van der Waals surface area contributed by atoms with Gasteiger partial charge in [-0.05, 0) is 25.3 Å². The van der Waals surface area contributed by atoms with Gasteiger partial charge in [-0.1, -0.05) is 0 Å². The van der Waals surface area contributed by atoms with E-state index in [1.54, 1.807) is 0 Å². The summed E-state index contributed by atoms with van der Waals surface area (Å²) in [5, 5.41) is 14.8. The summed E-state index contributed by atoms with van der Waals surface area (Å²) in [6.07, 6.45) is 5.80. The lowest BCUT2D eigenvalue weighted by atomic mass is 10.2. The number of rotatable bonds is 6. The Morgan fingerprint density at radius 3 is 2.84 bits per heavy atom. The molecule has 1 aromatic rings. The fourth-order valence-corrected chi connectivity index (χ4v) is 1.63. The van der Waals surface area contributed by atoms with Gasteiger partial charge in [0.15, 0.2) is 0 Å². The smallest absolute Gasteiger partial charge is 0.252 e. The summed E-state index contributed by atoms with van der Waals surface area (Å²) in [5.74, 6) is -0.307. The van der Waals surface area contributed by atoms with E-state index in [1.165, 1.54) is 18.5 Å². The first kappa shape index (κ1) is 13.3. The standard InChI is InChI=1S/C13H17N3O3/c17-11-6-9(7-14-8-11)13(19)15-5-1-2-12(18)16-10-3-4-10/h6-8,10,17H,1-5H2,(H,15,19)(H,16,18). The first-order valence-electron chi connectivity index (χ1n) is 6.37. The first-order chi connectivity index (χ1) is 9.15. The van der Waals surface area contributed by atoms with Crippen molar-refractivity contribution >= 4 is 11.8 Å². The highest BCUT2D eigenvalue weighted by Crippen LogP contribution is 2.18. The molecule has 0 radical (unpaired) electrons. The van der Waals surface area contributed by atoms with Crippen LogP contribution in [0.15, 0.2) is 18.5 Å². The molecule has 0 bridgehead atoms. The van der Waals surface area contributed by atoms with Crippen LogP contribution in [0.25, 0.3) is 0 Å². The van der Waals surface area contributed by atoms with Crippen molar-refractivity contribution in [2.24, 2.45) is 0 Å². The normalized spacial score (nSPS) is 13.9. The number of nitrogens with zero attached hydrogens (tertiary/aromatic N) is 1. The molecule has 2 amide bonds. The lowest BCUT2D eigenvalue weighted by Gasteiger charge is -2.05. The van der Waals surface area contributed by atoms with Gasteiger partial charge < -0.3 is 15.7 Å². The Hall–Kier alpha value is -2.11. The van der Waals surface area contributed by atoms with Crippen molar-refractivity contribution in [2.75, 3.05) is 6.54 Å². The van der Waals surface area contributed by atoms with Crippen LogP contribution in [0.4, 0.5) is 0 Å². The van der Waals surface area contributed by atoms with E-state index in [0.29, 0.717) is 31.0 Å². The molecule has 1 saturated carbocycles. The summed E-state index contributed by atoms with van der Waals surface area (Å²) in [5.41, 5.74) is 0.308. The number of carbonyl (C=O) groups excluding carboxylic acids is 2. The van der Waals surface area contributed by atoms with Crippen molar-refractivity contribution < 1.29 is 14.7 Å². The number of amides is 2. The van der Waals surface area contributed by atoms with Gasteiger partial charge >= 0.3 is 0 Å². The molecule has 0 aromatic carbocycles. The van der Waals surface area contributed by atoms with Crippen molar-refractivity contribution in [3.8, 4) is 5.75 Å². The van der Waals surface area contributed by atoms with Gasteiger partial charge in [0.25, 0.3) is 5.91 Å². The third-order valence-electron chi connectivity index (χ3n) is 2.79. The molecule has 6 heteroatoms. The molecule has 0 unspecified atom stereocenters. The SMILES string of the molecule is O=C(CCCNC(=O)c1cncc(O)c1)NC1CC1. The summed E-state index contributed by atoms with van der Waals surface area (Å²) >= 11 is 0. The van der Waals surface area contributed by atoms with Crippen molar-refractivity contribution in [1.29, 1.82) is 0 Å². The average Bonchev–Trinajstić information content (AvgIpc) is 3.18. The highest BCUT2D eigenvalue weighted by Gasteiger charge is 2.22. The summed E-state index contributed by atoms with van der Waals surface area (Å²) in [4.78, 5) is 26.8. The van der Waals surface area contributed by atoms with Crippen molar-refractivity contribution in [2.45, 2.75) is 31.7 Å². The van der Waals surface area contributed by atoms with Gasteiger partial charge in [-0.15, -0.1) is 0 Å². The zero-order chi connectivity index (χ0) is 13.7. The fourth-order valence-electron chi connectivity index (χ4n) is 1.63. The monoisotopic (exact) mass is 263 g/mol. The quantitative estimate of drug-likeness (QED) is 0.655. The van der Waals surface area contributed by atoms with Gasteiger partial charge in [0.05, 0.1) is 11.8 Å². The number of nitrogens with one attached hydrogen (secondary N) is 2. The Morgan fingerprint density at radius 2 is 2.16 bits per heavy atom. The molecular weight excluding hydrogens is 246 g/mol. The van der Waals surface area contributed by atoms with Gasteiger partial charge in [0.1, 0.15) is 5.75 Å². The highest BCUT2D eigenvalue weighted by molar-refractivity contribution is 5.94. The molecule has 0 spiro atoms. The Morgan fingerprint density at radius 1 is 1.37 bits per heavy atom. The van der Waals surface area contributed by atoms with Crippen LogP contribution in [0.5, 0.6) is 5.75 Å². The van der Waals surface area contributed by atoms with E-state index in [9.17, 15) is 14.7 Å². The molecule has 1 fully saturated rings. The van der Waals surface area contributed by atoms with E-state index < -0.39 is 0 Å². The molecule has 102 valence electrons. The number of aromatic hydroxyl groups is 1. The van der Waals surface area contributed by atoms with Gasteiger partial charge in [0, 0.05) is 25.2 Å². The maximum Gasteiger partial charge on any atom is 0.252 e. The Labute approximate surface area is 111 Å². The van der Waals surface area contributed by atoms with Crippen molar-refractivity contribution in [3.05, 3.63) is 24.0 Å². The van der Waals surface area contributed by atoms with E-state index in [0.717, 1.165) is 12.8 Å². The summed E-state index contributed by atoms with van der Waals surface area (Å²) < 4.78 is 0. The lowest BCUT2D eigenvalue weighted by molar-refractivity contribution is -0.121. The summed E-state index contributed by atoms with van der Waals surface area (Å²) in [6.45, 7) is 0.423. The minimum atomic E-state index is -0.300. The molecule has 1 aromatic heterocycles. The molecule has 1 heterocycles. The van der Waals surface area contributed by atoms with E-state index >= 15 is 0 Å². The van der Waals surface area contributed by atoms with E-state index in [-0.39, 0.29) is 17.6 Å². The van der Waals surface area contributed by atoms with Gasteiger partial charge in [-0.25, -0.2) is 0 Å². The van der Waals surface area contributed by atoms with E-state index in [1.807, 2.05) is 0 Å². The first-order valence-corrected chi connectivity index (χ1v) is 6.37. The molecule has 0 saturated heterocycles. The minimum absolute atomic E-state index is 0.0378. The molecule has 6 nitrogen and oxygen atoms in total. The Bertz CT molecular complexity index is 472. The molecule has 1 aliphatic rings. The molecule has 3 N–H and O–H groups in total. The van der Waals surface area contributed by atoms with Crippen LogP contribution < -0.4 is 10.6 Å². The third-order valence-corrected chi connectivity index (χ3v) is 2.79. The second kappa shape index (κ2) is 6.17. The summed E-state index contributed by atoms with van der Waals surface area (Å²) in [6, 6.07) is 1.72. The largest absolute Gasteiger partial charge is 0.506 e. The van der Waals surface area contributed by atoms with Gasteiger partial charge in [-0.2, -0.15) is 0 Å². The maximum atomic E-state index is 11.7. The van der Waals surface area contributed by atoms with Crippen molar-refractivity contribution in [3.63, 3.8) is 0 Å². The molecule has 19 heavy (non-hydrogen) atoms. The number of pyridine rings is 1. The van der Waals surface area contributed by atoms with Gasteiger partial charge in [-0.3, -0.25) is 14.6 Å². The average molecular weight is 263 g/mol. The Kier molecular flexibility index (Phi) is 4.33. The number of hydrogen-bond donors (Lipinski definition) is 3. The van der Waals surface area contributed by atoms with Crippen LogP contribution in [0.1, 0.15) is 36.0 Å². The van der Waals surface area contributed by atoms with Crippen LogP contribution in [0.3, 0.4) is 0 Å². The third kappa shape index (κ3) is 4.57. The minimum Gasteiger partial charge on any atom is -0.506 e. The topological polar surface area (TPSA) is 91.3 Å². The zero-order valence-electron chi connectivity index (χ0n) is 10.6. The molecule has 0 aliphatic heterocycles. The maximum absolute atomic E-state index is 11.7. The molecule has 2 rings (SSSR count). The predicted octanol–water partition coefficient (Wildman–Crippen LogP) is 0.576. The molecule has 0 atom stereocenters.